The van der Waals surface area contributed by atoms with Crippen LogP contribution in [0.5, 0.6) is 0 Å². The van der Waals surface area contributed by atoms with Crippen LogP contribution < -0.4 is 0 Å². The number of unbranched alkanes of at least 4 members (excludes halogenated alkanes) is 32. The Labute approximate surface area is 335 Å². The van der Waals surface area contributed by atoms with Gasteiger partial charge >= 0.3 is 5.97 Å². The van der Waals surface area contributed by atoms with E-state index in [4.69, 9.17) is 0 Å². The molecule has 0 fully saturated rings. The first kappa shape index (κ1) is 53.0. The number of ketones is 1. The number of carbonyl (C=O) groups is 2. The molecule has 4 atom stereocenters. The summed E-state index contributed by atoms with van der Waals surface area (Å²) in [6, 6.07) is 0. The normalized spacial score (nSPS) is 14.6. The zero-order valence-electron chi connectivity index (χ0n) is 36.4. The Kier molecular flexibility index (Phi) is 38.2. The van der Waals surface area contributed by atoms with Gasteiger partial charge in [0.25, 0.3) is 0 Å². The number of hydrogen-bond acceptors (Lipinski definition) is 5. The zero-order valence-corrected chi connectivity index (χ0v) is 36.4. The lowest BCUT2D eigenvalue weighted by Crippen LogP contribution is -2.58. The highest BCUT2D eigenvalue weighted by molar-refractivity contribution is 6.04. The summed E-state index contributed by atoms with van der Waals surface area (Å²) >= 11 is 0. The molecule has 0 radical (unpaired) electrons. The maximum absolute atomic E-state index is 14.0. The van der Waals surface area contributed by atoms with Crippen LogP contribution in [-0.4, -0.2) is 51.0 Å². The number of aliphatic carboxylic acids is 1. The third kappa shape index (κ3) is 26.0. The molecule has 0 aliphatic carbocycles. The van der Waals surface area contributed by atoms with Crippen LogP contribution in [0.3, 0.4) is 0 Å². The zero-order chi connectivity index (χ0) is 40.0. The highest BCUT2D eigenvalue weighted by atomic mass is 16.5. The third-order valence-electron chi connectivity index (χ3n) is 12.3. The molecule has 0 amide bonds. The Hall–Kier alpha value is -0.980. The first-order chi connectivity index (χ1) is 26.3. The number of rotatable bonds is 44. The Bertz CT molecular complexity index is 817. The highest BCUT2D eigenvalue weighted by Gasteiger charge is 2.58. The molecule has 0 saturated heterocycles. The SMILES string of the molecule is CCCCCCCCCCCCCCCCCCC(=O)C(C(CCCCC)CCCCCCCCCCCCCCCCCC)(C(O)C(O)CO)[13C](=O)O. The molecular formula is C48H94O6. The van der Waals surface area contributed by atoms with E-state index >= 15 is 0 Å². The first-order valence-electron chi connectivity index (χ1n) is 24.1. The summed E-state index contributed by atoms with van der Waals surface area (Å²) < 4.78 is 0. The topological polar surface area (TPSA) is 115 Å². The summed E-state index contributed by atoms with van der Waals surface area (Å²) in [6.07, 6.45) is 40.1. The predicted molar refractivity (Wildman–Crippen MR) is 230 cm³/mol. The standard InChI is InChI=1S/C48H94O6/c1-4-7-10-12-14-16-18-20-22-24-26-28-30-32-34-37-40-43(39-36-9-6-3)48(47(53)54,46(52)44(50)42-49)45(51)41-38-35-33-31-29-27-25-23-21-19-17-15-13-11-8-5-2/h43-44,46,49-50,52H,4-42H2,1-3H3,(H,53,54)/i47+1. The number of aliphatic hydroxyl groups is 3. The number of aliphatic hydroxyl groups excluding tert-OH is 3. The molecule has 0 spiro atoms. The number of hydrogen-bond donors (Lipinski definition) is 4. The molecule has 0 aromatic heterocycles. The van der Waals surface area contributed by atoms with E-state index in [0.29, 0.717) is 19.3 Å². The molecule has 0 aliphatic heterocycles. The monoisotopic (exact) mass is 768 g/mol. The second-order valence-corrected chi connectivity index (χ2v) is 17.1. The molecule has 54 heavy (non-hydrogen) atoms. The molecule has 4 unspecified atom stereocenters. The van der Waals surface area contributed by atoms with Crippen LogP contribution in [0.4, 0.5) is 0 Å². The average Bonchev–Trinajstić information content (AvgIpc) is 3.17. The van der Waals surface area contributed by atoms with Crippen LogP contribution in [0.2, 0.25) is 0 Å². The van der Waals surface area contributed by atoms with Crippen molar-refractivity contribution in [1.29, 1.82) is 0 Å². The largest absolute Gasteiger partial charge is 0.480 e. The summed E-state index contributed by atoms with van der Waals surface area (Å²) in [4.78, 5) is 27.2. The predicted octanol–water partition coefficient (Wildman–Crippen LogP) is 13.8. The van der Waals surface area contributed by atoms with Crippen LogP contribution in [0.15, 0.2) is 0 Å². The van der Waals surface area contributed by atoms with Crippen molar-refractivity contribution in [2.75, 3.05) is 6.61 Å². The smallest absolute Gasteiger partial charge is 0.320 e. The van der Waals surface area contributed by atoms with Gasteiger partial charge in [-0.3, -0.25) is 9.59 Å². The van der Waals surface area contributed by atoms with Gasteiger partial charge < -0.3 is 20.4 Å². The number of Topliss-reactive ketones (excluding diaryl/α,β-unsaturated/α-hetero) is 1. The van der Waals surface area contributed by atoms with Crippen LogP contribution in [0, 0.1) is 11.3 Å². The fourth-order valence-corrected chi connectivity index (χ4v) is 8.68. The summed E-state index contributed by atoms with van der Waals surface area (Å²) in [5.41, 5.74) is -2.10. The van der Waals surface area contributed by atoms with E-state index in [-0.39, 0.29) is 6.42 Å². The van der Waals surface area contributed by atoms with Crippen molar-refractivity contribution >= 4 is 11.8 Å². The Morgan fingerprint density at radius 1 is 0.426 bits per heavy atom. The number of carboxylic acids is 1. The van der Waals surface area contributed by atoms with E-state index < -0.39 is 41.9 Å². The second-order valence-electron chi connectivity index (χ2n) is 17.1. The fraction of sp³-hybridized carbons (Fsp3) is 0.958. The third-order valence-corrected chi connectivity index (χ3v) is 12.3. The molecule has 0 rings (SSSR count). The molecule has 0 saturated carbocycles. The molecule has 4 N–H and O–H groups in total. The van der Waals surface area contributed by atoms with Crippen molar-refractivity contribution in [3.63, 3.8) is 0 Å². The lowest BCUT2D eigenvalue weighted by atomic mass is 9.67. The van der Waals surface area contributed by atoms with Crippen LogP contribution in [-0.2, 0) is 9.59 Å². The van der Waals surface area contributed by atoms with Gasteiger partial charge in [-0.1, -0.05) is 239 Å². The number of carbonyl (C=O) groups excluding carboxylic acids is 1. The van der Waals surface area contributed by atoms with Gasteiger partial charge in [-0.15, -0.1) is 0 Å². The van der Waals surface area contributed by atoms with Crippen molar-refractivity contribution < 1.29 is 30.0 Å². The molecule has 0 heterocycles. The summed E-state index contributed by atoms with van der Waals surface area (Å²) in [5, 5.41) is 42.4. The van der Waals surface area contributed by atoms with E-state index in [1.165, 1.54) is 161 Å². The van der Waals surface area contributed by atoms with Crippen molar-refractivity contribution in [3.8, 4) is 0 Å². The van der Waals surface area contributed by atoms with E-state index in [1.54, 1.807) is 0 Å². The minimum Gasteiger partial charge on any atom is -0.480 e. The van der Waals surface area contributed by atoms with E-state index in [9.17, 15) is 30.0 Å². The van der Waals surface area contributed by atoms with Crippen molar-refractivity contribution in [2.24, 2.45) is 11.3 Å². The van der Waals surface area contributed by atoms with Gasteiger partial charge in [-0.2, -0.15) is 0 Å². The van der Waals surface area contributed by atoms with E-state index in [2.05, 4.69) is 20.8 Å². The Morgan fingerprint density at radius 3 is 0.981 bits per heavy atom. The maximum atomic E-state index is 14.0. The van der Waals surface area contributed by atoms with Crippen LogP contribution in [0.1, 0.15) is 265 Å². The molecule has 322 valence electrons. The molecule has 6 nitrogen and oxygen atoms in total. The minimum absolute atomic E-state index is 0.0865. The first-order valence-corrected chi connectivity index (χ1v) is 24.1. The lowest BCUT2D eigenvalue weighted by Gasteiger charge is -2.41. The molecule has 0 aromatic rings. The summed E-state index contributed by atoms with van der Waals surface area (Å²) in [7, 11) is 0. The quantitative estimate of drug-likeness (QED) is 0.0279. The average molecular weight is 768 g/mol. The van der Waals surface area contributed by atoms with E-state index in [0.717, 1.165) is 57.8 Å². The van der Waals surface area contributed by atoms with Crippen molar-refractivity contribution in [3.05, 3.63) is 0 Å². The summed E-state index contributed by atoms with van der Waals surface area (Å²) in [6.45, 7) is 5.86. The van der Waals surface area contributed by atoms with Gasteiger partial charge in [0.1, 0.15) is 12.2 Å². The van der Waals surface area contributed by atoms with Crippen LogP contribution >= 0.6 is 0 Å². The van der Waals surface area contributed by atoms with E-state index in [1.807, 2.05) is 0 Å². The second kappa shape index (κ2) is 38.9. The van der Waals surface area contributed by atoms with Crippen LogP contribution in [0.25, 0.3) is 0 Å². The van der Waals surface area contributed by atoms with Gasteiger partial charge in [0, 0.05) is 6.42 Å². The molecule has 0 aromatic carbocycles. The summed E-state index contributed by atoms with van der Waals surface area (Å²) in [5.74, 6) is -2.39. The van der Waals surface area contributed by atoms with Gasteiger partial charge in [0.15, 0.2) is 11.2 Å². The highest BCUT2D eigenvalue weighted by Crippen LogP contribution is 2.43. The van der Waals surface area contributed by atoms with Gasteiger partial charge in [0.2, 0.25) is 0 Å². The molecule has 0 aliphatic rings. The maximum Gasteiger partial charge on any atom is 0.320 e. The molecule has 6 heteroatoms. The Morgan fingerprint density at radius 2 is 0.685 bits per heavy atom. The van der Waals surface area contributed by atoms with Gasteiger partial charge in [-0.05, 0) is 25.2 Å². The lowest BCUT2D eigenvalue weighted by molar-refractivity contribution is -0.180. The fourth-order valence-electron chi connectivity index (χ4n) is 8.68. The number of carboxylic acid groups (broad SMARTS) is 1. The molecular weight excluding hydrogens is 674 g/mol. The van der Waals surface area contributed by atoms with Crippen molar-refractivity contribution in [2.45, 2.75) is 277 Å². The van der Waals surface area contributed by atoms with Gasteiger partial charge in [-0.25, -0.2) is 0 Å². The minimum atomic E-state index is -2.10. The Balaban J connectivity index is 4.78. The van der Waals surface area contributed by atoms with Crippen molar-refractivity contribution in [1.82, 2.24) is 0 Å². The molecule has 0 bridgehead atoms. The van der Waals surface area contributed by atoms with Gasteiger partial charge in [0.05, 0.1) is 6.61 Å².